The van der Waals surface area contributed by atoms with E-state index in [2.05, 4.69) is 84.9 Å². The average molecular weight is 316 g/mol. The molecule has 0 heteroatoms. The van der Waals surface area contributed by atoms with Crippen molar-refractivity contribution in [3.05, 3.63) is 96.1 Å². The van der Waals surface area contributed by atoms with Crippen molar-refractivity contribution < 1.29 is 0 Å². The molecule has 0 fully saturated rings. The fourth-order valence-electron chi connectivity index (χ4n) is 4.53. The zero-order valence-electron chi connectivity index (χ0n) is 13.8. The topological polar surface area (TPSA) is 0 Å². The summed E-state index contributed by atoms with van der Waals surface area (Å²) in [5, 5.41) is 0. The molecule has 0 aliphatic heterocycles. The Morgan fingerprint density at radius 1 is 0.360 bits per heavy atom. The van der Waals surface area contributed by atoms with Gasteiger partial charge in [0, 0.05) is 0 Å². The van der Waals surface area contributed by atoms with Gasteiger partial charge < -0.3 is 0 Å². The zero-order chi connectivity index (χ0) is 16.4. The summed E-state index contributed by atoms with van der Waals surface area (Å²) in [5.74, 6) is 0. The first-order valence-electron chi connectivity index (χ1n) is 8.85. The number of benzene rings is 4. The van der Waals surface area contributed by atoms with E-state index < -0.39 is 0 Å². The van der Waals surface area contributed by atoms with E-state index in [1.165, 1.54) is 55.6 Å². The Hall–Kier alpha value is -3.12. The molecule has 0 aromatic heterocycles. The highest BCUT2D eigenvalue weighted by atomic mass is 14.3. The molecule has 0 N–H and O–H groups in total. The molecule has 4 aromatic rings. The van der Waals surface area contributed by atoms with Gasteiger partial charge in [-0.05, 0) is 62.1 Å². The van der Waals surface area contributed by atoms with Gasteiger partial charge in [0.2, 0.25) is 0 Å². The Bertz CT molecular complexity index is 1070. The van der Waals surface area contributed by atoms with E-state index in [1.807, 2.05) is 0 Å². The summed E-state index contributed by atoms with van der Waals surface area (Å²) < 4.78 is 0. The minimum absolute atomic E-state index is 0.995. The minimum Gasteiger partial charge on any atom is -0.0616 e. The third-order valence-corrected chi connectivity index (χ3v) is 5.66. The first kappa shape index (κ1) is 13.2. The molecule has 0 heterocycles. The normalized spacial score (nSPS) is 12.2. The highest BCUT2D eigenvalue weighted by Crippen LogP contribution is 2.51. The van der Waals surface area contributed by atoms with Crippen LogP contribution in [0.3, 0.4) is 0 Å². The Kier molecular flexibility index (Phi) is 2.48. The lowest BCUT2D eigenvalue weighted by Gasteiger charge is -2.29. The van der Waals surface area contributed by atoms with Crippen molar-refractivity contribution in [2.24, 2.45) is 0 Å². The molecule has 25 heavy (non-hydrogen) atoms. The average Bonchev–Trinajstić information content (AvgIpc) is 2.64. The van der Waals surface area contributed by atoms with Gasteiger partial charge in [0.1, 0.15) is 0 Å². The Morgan fingerprint density at radius 2 is 0.760 bits per heavy atom. The van der Waals surface area contributed by atoms with Crippen LogP contribution >= 0.6 is 0 Å². The molecule has 4 aromatic carbocycles. The van der Waals surface area contributed by atoms with Crippen LogP contribution in [0.1, 0.15) is 11.1 Å². The maximum absolute atomic E-state index is 2.29. The van der Waals surface area contributed by atoms with Crippen LogP contribution in [0.4, 0.5) is 0 Å². The van der Waals surface area contributed by atoms with E-state index in [0.717, 1.165) is 6.42 Å². The fourth-order valence-corrected chi connectivity index (χ4v) is 4.53. The van der Waals surface area contributed by atoms with Crippen molar-refractivity contribution in [2.75, 3.05) is 0 Å². The molecule has 0 nitrogen and oxygen atoms in total. The molecular formula is C25H16. The van der Waals surface area contributed by atoms with E-state index in [-0.39, 0.29) is 0 Å². The van der Waals surface area contributed by atoms with Crippen LogP contribution in [0.2, 0.25) is 0 Å². The Morgan fingerprint density at radius 3 is 1.24 bits per heavy atom. The van der Waals surface area contributed by atoms with Gasteiger partial charge in [-0.15, -0.1) is 0 Å². The number of hydrogen-bond acceptors (Lipinski definition) is 0. The van der Waals surface area contributed by atoms with Gasteiger partial charge in [0.05, 0.1) is 0 Å². The van der Waals surface area contributed by atoms with Crippen LogP contribution in [0.5, 0.6) is 0 Å². The van der Waals surface area contributed by atoms with Gasteiger partial charge >= 0.3 is 0 Å². The van der Waals surface area contributed by atoms with Gasteiger partial charge in [-0.1, -0.05) is 84.9 Å². The predicted octanol–water partition coefficient (Wildman–Crippen LogP) is 6.57. The summed E-state index contributed by atoms with van der Waals surface area (Å²) in [6.07, 6.45) is 0.995. The molecule has 6 rings (SSSR count). The van der Waals surface area contributed by atoms with E-state index >= 15 is 0 Å². The van der Waals surface area contributed by atoms with Crippen molar-refractivity contribution in [2.45, 2.75) is 6.42 Å². The van der Waals surface area contributed by atoms with Crippen molar-refractivity contribution in [3.8, 4) is 44.5 Å². The zero-order valence-corrected chi connectivity index (χ0v) is 13.8. The summed E-state index contributed by atoms with van der Waals surface area (Å²) in [5.41, 5.74) is 14.2. The summed E-state index contributed by atoms with van der Waals surface area (Å²) >= 11 is 0. The van der Waals surface area contributed by atoms with Crippen LogP contribution in [0, 0.1) is 0 Å². The summed E-state index contributed by atoms with van der Waals surface area (Å²) in [7, 11) is 0. The van der Waals surface area contributed by atoms with Crippen LogP contribution in [0.25, 0.3) is 44.5 Å². The summed E-state index contributed by atoms with van der Waals surface area (Å²) in [6, 6.07) is 31.0. The molecule has 0 saturated heterocycles. The fraction of sp³-hybridized carbons (Fsp3) is 0.0400. The molecule has 0 saturated carbocycles. The smallest absolute Gasteiger partial charge is 0.00130 e. The lowest BCUT2D eigenvalue weighted by molar-refractivity contribution is 1.18. The van der Waals surface area contributed by atoms with E-state index in [0.29, 0.717) is 0 Å². The molecule has 0 amide bonds. The van der Waals surface area contributed by atoms with Gasteiger partial charge in [0.15, 0.2) is 0 Å². The van der Waals surface area contributed by atoms with E-state index in [4.69, 9.17) is 0 Å². The van der Waals surface area contributed by atoms with Gasteiger partial charge in [0.25, 0.3) is 0 Å². The molecular weight excluding hydrogens is 300 g/mol. The highest BCUT2D eigenvalue weighted by molar-refractivity contribution is 6.05. The van der Waals surface area contributed by atoms with Gasteiger partial charge in [-0.3, -0.25) is 0 Å². The first-order chi connectivity index (χ1) is 12.4. The maximum Gasteiger partial charge on any atom is -0.00130 e. The van der Waals surface area contributed by atoms with Crippen LogP contribution in [-0.2, 0) is 6.42 Å². The largest absolute Gasteiger partial charge is 0.0616 e. The second kappa shape index (κ2) is 4.70. The van der Waals surface area contributed by atoms with Crippen LogP contribution in [-0.4, -0.2) is 0 Å². The van der Waals surface area contributed by atoms with E-state index in [9.17, 15) is 0 Å². The highest BCUT2D eigenvalue weighted by Gasteiger charge is 2.27. The molecule has 0 bridgehead atoms. The second-order valence-corrected chi connectivity index (χ2v) is 6.95. The molecule has 116 valence electrons. The monoisotopic (exact) mass is 316 g/mol. The standard InChI is InChI=1S/C25H16/c1-3-11-20-18(9-1)22-13-5-7-16(24(20)22)15-17-8-6-14-23-19-10-2-4-12-21(19)25(17)23/h1-14H,15H2. The van der Waals surface area contributed by atoms with Crippen LogP contribution < -0.4 is 0 Å². The lowest BCUT2D eigenvalue weighted by atomic mass is 9.74. The quantitative estimate of drug-likeness (QED) is 0.339. The van der Waals surface area contributed by atoms with Crippen molar-refractivity contribution in [1.29, 1.82) is 0 Å². The Balaban J connectivity index is 1.46. The first-order valence-corrected chi connectivity index (χ1v) is 8.85. The third kappa shape index (κ3) is 1.66. The molecule has 0 atom stereocenters. The molecule has 2 aliphatic carbocycles. The molecule has 0 radical (unpaired) electrons. The van der Waals surface area contributed by atoms with E-state index in [1.54, 1.807) is 0 Å². The summed E-state index contributed by atoms with van der Waals surface area (Å²) in [4.78, 5) is 0. The predicted molar refractivity (Wildman–Crippen MR) is 105 cm³/mol. The Labute approximate surface area is 147 Å². The SMILES string of the molecule is c1ccc2c(c1)-c1cccc(Cc3cccc4c3-c3ccccc3-4)c1-2. The molecule has 0 spiro atoms. The number of hydrogen-bond donors (Lipinski definition) is 0. The second-order valence-electron chi connectivity index (χ2n) is 6.95. The minimum atomic E-state index is 0.995. The van der Waals surface area contributed by atoms with Gasteiger partial charge in [-0.25, -0.2) is 0 Å². The lowest BCUT2D eigenvalue weighted by Crippen LogP contribution is -2.06. The van der Waals surface area contributed by atoms with Crippen molar-refractivity contribution >= 4 is 0 Å². The number of fused-ring (bicyclic) bond motifs is 8. The third-order valence-electron chi connectivity index (χ3n) is 5.66. The number of rotatable bonds is 2. The molecule has 0 unspecified atom stereocenters. The van der Waals surface area contributed by atoms with Gasteiger partial charge in [-0.2, -0.15) is 0 Å². The summed E-state index contributed by atoms with van der Waals surface area (Å²) in [6.45, 7) is 0. The molecule has 2 aliphatic rings. The van der Waals surface area contributed by atoms with Crippen molar-refractivity contribution in [1.82, 2.24) is 0 Å². The van der Waals surface area contributed by atoms with Crippen LogP contribution in [0.15, 0.2) is 84.9 Å². The maximum atomic E-state index is 2.29. The van der Waals surface area contributed by atoms with Crippen molar-refractivity contribution in [3.63, 3.8) is 0 Å².